The van der Waals surface area contributed by atoms with Crippen LogP contribution in [0.25, 0.3) is 0 Å². The highest BCUT2D eigenvalue weighted by atomic mass is 14.7. The van der Waals surface area contributed by atoms with Crippen LogP contribution in [0.4, 0.5) is 0 Å². The topological polar surface area (TPSA) is 12.4 Å². The molecule has 1 heteroatoms. The van der Waals surface area contributed by atoms with Gasteiger partial charge in [-0.2, -0.15) is 0 Å². The Kier molecular flexibility index (Phi) is 5.74. The van der Waals surface area contributed by atoms with Gasteiger partial charge in [0.2, 0.25) is 0 Å². The summed E-state index contributed by atoms with van der Waals surface area (Å²) in [5.74, 6) is 0. The molecule has 0 saturated heterocycles. The Labute approximate surface area is 63.2 Å². The first-order valence-corrected chi connectivity index (χ1v) is 3.74. The van der Waals surface area contributed by atoms with E-state index in [9.17, 15) is 0 Å². The number of hydrogen-bond donors (Lipinski definition) is 0. The molecule has 1 aliphatic heterocycles. The van der Waals surface area contributed by atoms with Crippen molar-refractivity contribution in [3.8, 4) is 0 Å². The molecule has 1 heterocycles. The summed E-state index contributed by atoms with van der Waals surface area (Å²) >= 11 is 0. The molecule has 1 rings (SSSR count). The minimum Gasteiger partial charge on any atom is -0.265 e. The molecule has 0 aromatic carbocycles. The number of aliphatic imine (C=N–C) groups is 1. The van der Waals surface area contributed by atoms with Crippen LogP contribution in [0.2, 0.25) is 0 Å². The van der Waals surface area contributed by atoms with Gasteiger partial charge in [-0.15, -0.1) is 0 Å². The standard InChI is InChI=1S/C7H9N.C2H6/c1-7-4-2-3-5-8-6-7;1-2/h3-6H,2H2,1H3;1-2H3. The van der Waals surface area contributed by atoms with Crippen LogP contribution in [0.3, 0.4) is 0 Å². The van der Waals surface area contributed by atoms with Gasteiger partial charge < -0.3 is 0 Å². The summed E-state index contributed by atoms with van der Waals surface area (Å²) in [4.78, 5) is 3.98. The maximum absolute atomic E-state index is 3.98. The van der Waals surface area contributed by atoms with Crippen LogP contribution >= 0.6 is 0 Å². The first-order valence-electron chi connectivity index (χ1n) is 3.74. The van der Waals surface area contributed by atoms with E-state index in [1.54, 1.807) is 0 Å². The van der Waals surface area contributed by atoms with Gasteiger partial charge in [-0.1, -0.05) is 26.0 Å². The molecule has 0 atom stereocenters. The molecule has 1 aliphatic rings. The molecular weight excluding hydrogens is 122 g/mol. The SMILES string of the molecule is CC.CC1=CCC=CN=C1. The molecular formula is C9H15N. The van der Waals surface area contributed by atoms with Crippen molar-refractivity contribution in [2.75, 3.05) is 0 Å². The Morgan fingerprint density at radius 1 is 1.40 bits per heavy atom. The second kappa shape index (κ2) is 6.27. The fourth-order valence-corrected chi connectivity index (χ4v) is 0.589. The van der Waals surface area contributed by atoms with E-state index in [1.807, 2.05) is 32.3 Å². The zero-order chi connectivity index (χ0) is 7.82. The minimum absolute atomic E-state index is 1.02. The predicted octanol–water partition coefficient (Wildman–Crippen LogP) is 2.95. The van der Waals surface area contributed by atoms with Gasteiger partial charge in [0.05, 0.1) is 0 Å². The van der Waals surface area contributed by atoms with Crippen molar-refractivity contribution < 1.29 is 0 Å². The Morgan fingerprint density at radius 3 is 2.80 bits per heavy atom. The second-order valence-corrected chi connectivity index (χ2v) is 1.85. The van der Waals surface area contributed by atoms with Gasteiger partial charge in [0.25, 0.3) is 0 Å². The van der Waals surface area contributed by atoms with Crippen molar-refractivity contribution in [1.82, 2.24) is 0 Å². The van der Waals surface area contributed by atoms with E-state index in [-0.39, 0.29) is 0 Å². The summed E-state index contributed by atoms with van der Waals surface area (Å²) in [5, 5.41) is 0. The third kappa shape index (κ3) is 4.07. The lowest BCUT2D eigenvalue weighted by Gasteiger charge is -1.81. The molecule has 0 fully saturated rings. The van der Waals surface area contributed by atoms with E-state index in [0.717, 1.165) is 6.42 Å². The van der Waals surface area contributed by atoms with Crippen LogP contribution in [-0.2, 0) is 0 Å². The van der Waals surface area contributed by atoms with Crippen molar-refractivity contribution in [1.29, 1.82) is 0 Å². The molecule has 0 radical (unpaired) electrons. The Balaban J connectivity index is 0.000000371. The molecule has 1 nitrogen and oxygen atoms in total. The lowest BCUT2D eigenvalue weighted by atomic mass is 10.3. The van der Waals surface area contributed by atoms with Crippen LogP contribution in [0.5, 0.6) is 0 Å². The average molecular weight is 137 g/mol. The van der Waals surface area contributed by atoms with E-state index in [4.69, 9.17) is 0 Å². The minimum atomic E-state index is 1.02. The normalized spacial score (nSPS) is 14.9. The van der Waals surface area contributed by atoms with Gasteiger partial charge in [-0.25, -0.2) is 0 Å². The second-order valence-electron chi connectivity index (χ2n) is 1.85. The van der Waals surface area contributed by atoms with Crippen LogP contribution in [0.15, 0.2) is 28.9 Å². The quantitative estimate of drug-likeness (QED) is 0.486. The zero-order valence-electron chi connectivity index (χ0n) is 6.96. The summed E-state index contributed by atoms with van der Waals surface area (Å²) in [6, 6.07) is 0. The van der Waals surface area contributed by atoms with Crippen molar-refractivity contribution in [2.45, 2.75) is 27.2 Å². The first-order chi connectivity index (χ1) is 4.89. The highest BCUT2D eigenvalue weighted by molar-refractivity contribution is 5.78. The fourth-order valence-electron chi connectivity index (χ4n) is 0.589. The number of nitrogens with zero attached hydrogens (tertiary/aromatic N) is 1. The van der Waals surface area contributed by atoms with Gasteiger partial charge >= 0.3 is 0 Å². The van der Waals surface area contributed by atoms with Crippen molar-refractivity contribution in [2.24, 2.45) is 4.99 Å². The molecule has 0 unspecified atom stereocenters. The predicted molar refractivity (Wildman–Crippen MR) is 47.4 cm³/mol. The van der Waals surface area contributed by atoms with Crippen molar-refractivity contribution >= 4 is 6.21 Å². The van der Waals surface area contributed by atoms with E-state index >= 15 is 0 Å². The molecule has 0 saturated carbocycles. The smallest absolute Gasteiger partial charge is 0.0293 e. The van der Waals surface area contributed by atoms with Crippen LogP contribution < -0.4 is 0 Å². The zero-order valence-corrected chi connectivity index (χ0v) is 6.96. The molecule has 0 bridgehead atoms. The van der Waals surface area contributed by atoms with Gasteiger partial charge in [0.1, 0.15) is 0 Å². The monoisotopic (exact) mass is 137 g/mol. The Morgan fingerprint density at radius 2 is 2.10 bits per heavy atom. The van der Waals surface area contributed by atoms with Crippen LogP contribution in [-0.4, -0.2) is 6.21 Å². The molecule has 0 spiro atoms. The van der Waals surface area contributed by atoms with E-state index in [0.29, 0.717) is 0 Å². The third-order valence-corrected chi connectivity index (χ3v) is 1.05. The Bertz CT molecular complexity index is 149. The van der Waals surface area contributed by atoms with Crippen molar-refractivity contribution in [3.05, 3.63) is 23.9 Å². The Hall–Kier alpha value is -0.850. The first kappa shape index (κ1) is 9.15. The van der Waals surface area contributed by atoms with Gasteiger partial charge in [0, 0.05) is 12.4 Å². The van der Waals surface area contributed by atoms with Gasteiger partial charge in [0.15, 0.2) is 0 Å². The third-order valence-electron chi connectivity index (χ3n) is 1.05. The molecule has 0 aliphatic carbocycles. The largest absolute Gasteiger partial charge is 0.265 e. The lowest BCUT2D eigenvalue weighted by molar-refractivity contribution is 1.36. The van der Waals surface area contributed by atoms with E-state index in [1.165, 1.54) is 5.57 Å². The highest BCUT2D eigenvalue weighted by Crippen LogP contribution is 1.97. The summed E-state index contributed by atoms with van der Waals surface area (Å²) in [6.07, 6.45) is 8.89. The average Bonchev–Trinajstić information content (AvgIpc) is 2.21. The van der Waals surface area contributed by atoms with Gasteiger partial charge in [-0.3, -0.25) is 4.99 Å². The molecule has 0 aromatic rings. The number of allylic oxidation sites excluding steroid dienone is 3. The molecule has 10 heavy (non-hydrogen) atoms. The van der Waals surface area contributed by atoms with Crippen molar-refractivity contribution in [3.63, 3.8) is 0 Å². The maximum atomic E-state index is 3.98. The highest BCUT2D eigenvalue weighted by Gasteiger charge is 1.82. The summed E-state index contributed by atoms with van der Waals surface area (Å²) < 4.78 is 0. The number of rotatable bonds is 0. The molecule has 0 aromatic heterocycles. The van der Waals surface area contributed by atoms with Crippen LogP contribution in [0.1, 0.15) is 27.2 Å². The summed E-state index contributed by atoms with van der Waals surface area (Å²) in [6.45, 7) is 6.05. The fraction of sp³-hybridized carbons (Fsp3) is 0.444. The number of hydrogen-bond acceptors (Lipinski definition) is 1. The molecule has 0 amide bonds. The lowest BCUT2D eigenvalue weighted by Crippen LogP contribution is -1.71. The molecule has 56 valence electrons. The summed E-state index contributed by atoms with van der Waals surface area (Å²) in [7, 11) is 0. The molecule has 0 N–H and O–H groups in total. The van der Waals surface area contributed by atoms with E-state index in [2.05, 4.69) is 18.0 Å². The maximum Gasteiger partial charge on any atom is 0.0293 e. The van der Waals surface area contributed by atoms with Crippen LogP contribution in [0, 0.1) is 0 Å². The van der Waals surface area contributed by atoms with E-state index < -0.39 is 0 Å². The van der Waals surface area contributed by atoms with Gasteiger partial charge in [-0.05, 0) is 18.9 Å². The summed E-state index contributed by atoms with van der Waals surface area (Å²) in [5.41, 5.74) is 1.25.